The lowest BCUT2D eigenvalue weighted by Gasteiger charge is -2.18. The van der Waals surface area contributed by atoms with Gasteiger partial charge in [-0.25, -0.2) is 14.7 Å². The summed E-state index contributed by atoms with van der Waals surface area (Å²) in [5, 5.41) is 0. The smallest absolute Gasteiger partial charge is 0.270 e. The molecule has 0 atom stereocenters. The number of benzene rings is 1. The molecule has 0 bridgehead atoms. The summed E-state index contributed by atoms with van der Waals surface area (Å²) in [7, 11) is 0. The highest BCUT2D eigenvalue weighted by Gasteiger charge is 2.30. The number of hydrogen-bond acceptors (Lipinski definition) is 4. The highest BCUT2D eigenvalue weighted by Crippen LogP contribution is 2.39. The second kappa shape index (κ2) is 5.71. The van der Waals surface area contributed by atoms with E-state index in [9.17, 15) is 8.78 Å². The van der Waals surface area contributed by atoms with E-state index in [4.69, 9.17) is 15.4 Å². The number of alkyl halides is 2. The van der Waals surface area contributed by atoms with Crippen molar-refractivity contribution in [2.75, 3.05) is 19.8 Å². The van der Waals surface area contributed by atoms with Crippen molar-refractivity contribution >= 4 is 0 Å². The molecular weight excluding hydrogens is 256 g/mol. The minimum Gasteiger partial charge on any atom is -0.490 e. The monoisotopic (exact) mass is 273 g/mol. The molecule has 1 heterocycles. The Labute approximate surface area is 110 Å². The number of nitrogens with two attached hydrogens (primary N) is 1. The maximum Gasteiger partial charge on any atom is 0.270 e. The van der Waals surface area contributed by atoms with Crippen LogP contribution in [0.5, 0.6) is 11.5 Å². The Balaban J connectivity index is 2.41. The maximum atomic E-state index is 13.6. The Morgan fingerprint density at radius 1 is 1.26 bits per heavy atom. The Morgan fingerprint density at radius 3 is 2.47 bits per heavy atom. The van der Waals surface area contributed by atoms with Crippen LogP contribution in [-0.4, -0.2) is 19.8 Å². The van der Waals surface area contributed by atoms with Gasteiger partial charge in [-0.1, -0.05) is 0 Å². The quantitative estimate of drug-likeness (QED) is 0.856. The van der Waals surface area contributed by atoms with Crippen molar-refractivity contribution in [1.29, 1.82) is 0 Å². The van der Waals surface area contributed by atoms with Gasteiger partial charge in [-0.3, -0.25) is 0 Å². The first kappa shape index (κ1) is 14.0. The van der Waals surface area contributed by atoms with Gasteiger partial charge in [0.15, 0.2) is 11.5 Å². The second-order valence-corrected chi connectivity index (χ2v) is 4.52. The molecule has 1 aromatic carbocycles. The van der Waals surface area contributed by atoms with Crippen molar-refractivity contribution in [2.24, 2.45) is 5.90 Å². The predicted molar refractivity (Wildman–Crippen MR) is 65.5 cm³/mol. The first-order valence-corrected chi connectivity index (χ1v) is 6.15. The highest BCUT2D eigenvalue weighted by atomic mass is 19.3. The number of hydrogen-bond donors (Lipinski definition) is 1. The molecule has 1 aliphatic rings. The molecule has 0 fully saturated rings. The number of fused-ring (bicyclic) bond motifs is 1. The van der Waals surface area contributed by atoms with E-state index in [1.165, 1.54) is 6.07 Å². The molecule has 0 spiro atoms. The number of halogens is 2. The van der Waals surface area contributed by atoms with Crippen LogP contribution in [0.25, 0.3) is 0 Å². The van der Waals surface area contributed by atoms with Crippen LogP contribution in [0.15, 0.2) is 12.1 Å². The lowest BCUT2D eigenvalue weighted by atomic mass is 9.99. The fraction of sp³-hybridized carbons (Fsp3) is 0.538. The van der Waals surface area contributed by atoms with Crippen LogP contribution >= 0.6 is 0 Å². The van der Waals surface area contributed by atoms with E-state index in [1.54, 1.807) is 6.07 Å². The van der Waals surface area contributed by atoms with Crippen LogP contribution < -0.4 is 15.4 Å². The van der Waals surface area contributed by atoms with Crippen molar-refractivity contribution < 1.29 is 23.1 Å². The summed E-state index contributed by atoms with van der Waals surface area (Å²) in [6.07, 6.45) is 1.03. The fourth-order valence-corrected chi connectivity index (χ4v) is 2.04. The van der Waals surface area contributed by atoms with Gasteiger partial charge in [-0.05, 0) is 24.1 Å². The summed E-state index contributed by atoms with van der Waals surface area (Å²) < 4.78 is 38.2. The maximum absolute atomic E-state index is 13.6. The Bertz CT molecular complexity index is 446. The van der Waals surface area contributed by atoms with Gasteiger partial charge in [-0.2, -0.15) is 0 Å². The summed E-state index contributed by atoms with van der Waals surface area (Å²) >= 11 is 0. The Kier molecular flexibility index (Phi) is 4.21. The molecular formula is C13H17F2NO3. The minimum atomic E-state index is -2.95. The van der Waals surface area contributed by atoms with E-state index in [0.29, 0.717) is 36.7 Å². The van der Waals surface area contributed by atoms with E-state index >= 15 is 0 Å². The van der Waals surface area contributed by atoms with E-state index in [-0.39, 0.29) is 12.2 Å². The van der Waals surface area contributed by atoms with Gasteiger partial charge >= 0.3 is 0 Å². The van der Waals surface area contributed by atoms with Crippen molar-refractivity contribution in [3.8, 4) is 11.5 Å². The molecule has 0 amide bonds. The minimum absolute atomic E-state index is 0.0752. The fourth-order valence-electron chi connectivity index (χ4n) is 2.04. The number of rotatable bonds is 4. The highest BCUT2D eigenvalue weighted by molar-refractivity contribution is 5.49. The van der Waals surface area contributed by atoms with Gasteiger partial charge in [0.1, 0.15) is 0 Å². The molecule has 1 aliphatic heterocycles. The molecule has 0 aromatic heterocycles. The summed E-state index contributed by atoms with van der Waals surface area (Å²) in [4.78, 5) is 4.47. The van der Waals surface area contributed by atoms with Gasteiger partial charge in [-0.15, -0.1) is 0 Å². The summed E-state index contributed by atoms with van der Waals surface area (Å²) in [5.41, 5.74) is 0.385. The third-order valence-corrected chi connectivity index (χ3v) is 2.94. The van der Waals surface area contributed by atoms with E-state index in [1.807, 2.05) is 0 Å². The molecule has 6 heteroatoms. The van der Waals surface area contributed by atoms with Crippen LogP contribution in [0.3, 0.4) is 0 Å². The molecule has 1 aromatic rings. The molecule has 0 aliphatic carbocycles. The van der Waals surface area contributed by atoms with Gasteiger partial charge in [0.25, 0.3) is 5.92 Å². The molecule has 106 valence electrons. The third-order valence-electron chi connectivity index (χ3n) is 2.94. The van der Waals surface area contributed by atoms with Gasteiger partial charge in [0, 0.05) is 18.9 Å². The average Bonchev–Trinajstić information content (AvgIpc) is 2.58. The van der Waals surface area contributed by atoms with Crippen molar-refractivity contribution in [1.82, 2.24) is 0 Å². The molecule has 4 nitrogen and oxygen atoms in total. The molecule has 19 heavy (non-hydrogen) atoms. The predicted octanol–water partition coefficient (Wildman–Crippen LogP) is 2.39. The van der Waals surface area contributed by atoms with Crippen LogP contribution in [0.4, 0.5) is 8.78 Å². The zero-order valence-corrected chi connectivity index (χ0v) is 10.7. The topological polar surface area (TPSA) is 53.7 Å². The molecule has 0 unspecified atom stereocenters. The zero-order valence-electron chi connectivity index (χ0n) is 10.7. The van der Waals surface area contributed by atoms with Crippen molar-refractivity contribution in [3.05, 3.63) is 23.3 Å². The number of ether oxygens (including phenoxy) is 2. The first-order valence-electron chi connectivity index (χ1n) is 6.15. The van der Waals surface area contributed by atoms with Crippen LogP contribution in [-0.2, 0) is 17.2 Å². The van der Waals surface area contributed by atoms with Crippen LogP contribution in [0.1, 0.15) is 24.5 Å². The second-order valence-electron chi connectivity index (χ2n) is 4.52. The van der Waals surface area contributed by atoms with E-state index in [2.05, 4.69) is 4.84 Å². The lowest BCUT2D eigenvalue weighted by molar-refractivity contribution is 0.0158. The van der Waals surface area contributed by atoms with Crippen LogP contribution in [0, 0.1) is 0 Å². The SMILES string of the molecule is CC(F)(F)c1cc2c(cc1CCON)OCCCO2. The summed E-state index contributed by atoms with van der Waals surface area (Å²) in [6.45, 7) is 2.01. The summed E-state index contributed by atoms with van der Waals surface area (Å²) in [6, 6.07) is 2.94. The average molecular weight is 273 g/mol. The molecule has 2 rings (SSSR count). The van der Waals surface area contributed by atoms with Crippen LogP contribution in [0.2, 0.25) is 0 Å². The normalized spacial score (nSPS) is 15.2. The Morgan fingerprint density at radius 2 is 1.89 bits per heavy atom. The van der Waals surface area contributed by atoms with Gasteiger partial charge in [0.2, 0.25) is 0 Å². The Hall–Kier alpha value is -1.40. The van der Waals surface area contributed by atoms with E-state index < -0.39 is 5.92 Å². The standard InChI is InChI=1S/C13H17F2NO3/c1-13(14,15)10-8-12-11(17-4-2-5-18-12)7-9(10)3-6-19-16/h7-8H,2-6,16H2,1H3. The van der Waals surface area contributed by atoms with E-state index in [0.717, 1.165) is 13.3 Å². The summed E-state index contributed by atoms with van der Waals surface area (Å²) in [5.74, 6) is 2.87. The lowest BCUT2D eigenvalue weighted by Crippen LogP contribution is -2.14. The largest absolute Gasteiger partial charge is 0.490 e. The van der Waals surface area contributed by atoms with Crippen molar-refractivity contribution in [3.63, 3.8) is 0 Å². The molecule has 0 saturated heterocycles. The molecule has 0 radical (unpaired) electrons. The zero-order chi connectivity index (χ0) is 13.9. The first-order chi connectivity index (χ1) is 9.02. The van der Waals surface area contributed by atoms with Gasteiger partial charge in [0.05, 0.1) is 19.8 Å². The third kappa shape index (κ3) is 3.33. The van der Waals surface area contributed by atoms with Gasteiger partial charge < -0.3 is 14.3 Å². The molecule has 0 saturated carbocycles. The van der Waals surface area contributed by atoms with Crippen molar-refractivity contribution in [2.45, 2.75) is 25.7 Å². The molecule has 2 N–H and O–H groups in total.